The number of nitrogens with one attached hydrogen (secondary N) is 1. The maximum Gasteiger partial charge on any atom is 0.223 e. The van der Waals surface area contributed by atoms with Crippen molar-refractivity contribution in [3.05, 3.63) is 12.2 Å². The van der Waals surface area contributed by atoms with Gasteiger partial charge in [0.25, 0.3) is 0 Å². The van der Waals surface area contributed by atoms with Gasteiger partial charge in [-0.2, -0.15) is 0 Å². The summed E-state index contributed by atoms with van der Waals surface area (Å²) in [5.41, 5.74) is 0. The number of hydrogen-bond acceptors (Lipinski definition) is 1. The first-order valence-electron chi connectivity index (χ1n) is 4.61. The molecule has 0 rings (SSSR count). The highest BCUT2D eigenvalue weighted by Crippen LogP contribution is 1.91. The molecule has 0 atom stereocenters. The van der Waals surface area contributed by atoms with Gasteiger partial charge in [-0.3, -0.25) is 4.79 Å². The molecule has 2 nitrogen and oxygen atoms in total. The Morgan fingerprint density at radius 2 is 2.08 bits per heavy atom. The Bertz CT molecular complexity index is 150. The number of rotatable bonds is 5. The van der Waals surface area contributed by atoms with E-state index < -0.39 is 0 Å². The van der Waals surface area contributed by atoms with Crippen LogP contribution >= 0.6 is 0 Å². The number of amides is 1. The molecule has 2 heteroatoms. The Balaban J connectivity index is 3.43. The maximum atomic E-state index is 11.1. The normalized spacial score (nSPS) is 11.0. The number of hydrogen-bond donors (Lipinski definition) is 1. The summed E-state index contributed by atoms with van der Waals surface area (Å²) in [6, 6.07) is 0.247. The van der Waals surface area contributed by atoms with Crippen molar-refractivity contribution in [3.63, 3.8) is 0 Å². The van der Waals surface area contributed by atoms with Gasteiger partial charge >= 0.3 is 0 Å². The van der Waals surface area contributed by atoms with Gasteiger partial charge in [0.1, 0.15) is 0 Å². The second kappa shape index (κ2) is 6.89. The molecule has 0 bridgehead atoms. The zero-order valence-corrected chi connectivity index (χ0v) is 8.26. The molecule has 1 amide bonds. The summed E-state index contributed by atoms with van der Waals surface area (Å²) in [5.74, 6) is 0.109. The van der Waals surface area contributed by atoms with Crippen LogP contribution in [0.2, 0.25) is 0 Å². The largest absolute Gasteiger partial charge is 0.354 e. The first kappa shape index (κ1) is 11.2. The predicted octanol–water partition coefficient (Wildman–Crippen LogP) is 2.26. The molecule has 0 aliphatic carbocycles. The molecule has 0 spiro atoms. The van der Waals surface area contributed by atoms with Crippen LogP contribution in [0.3, 0.4) is 0 Å². The second-order valence-corrected chi connectivity index (χ2v) is 3.19. The molecule has 0 saturated carbocycles. The van der Waals surface area contributed by atoms with E-state index in [0.717, 1.165) is 12.8 Å². The number of allylic oxidation sites excluding steroid dienone is 1. The van der Waals surface area contributed by atoms with Gasteiger partial charge in [0.15, 0.2) is 0 Å². The van der Waals surface area contributed by atoms with Crippen LogP contribution in [0.5, 0.6) is 0 Å². The van der Waals surface area contributed by atoms with Gasteiger partial charge in [-0.15, -0.1) is 0 Å². The van der Waals surface area contributed by atoms with Crippen LogP contribution in [0, 0.1) is 0 Å². The third-order valence-electron chi connectivity index (χ3n) is 1.37. The van der Waals surface area contributed by atoms with Crippen molar-refractivity contribution in [2.75, 3.05) is 0 Å². The zero-order chi connectivity index (χ0) is 9.40. The molecule has 0 fully saturated rings. The molecule has 0 aliphatic rings. The Morgan fingerprint density at radius 1 is 1.42 bits per heavy atom. The third kappa shape index (κ3) is 7.32. The minimum Gasteiger partial charge on any atom is -0.354 e. The highest BCUT2D eigenvalue weighted by atomic mass is 16.1. The van der Waals surface area contributed by atoms with Gasteiger partial charge in [-0.1, -0.05) is 25.5 Å². The first-order valence-corrected chi connectivity index (χ1v) is 4.61. The Hall–Kier alpha value is -0.790. The molecule has 0 aliphatic heterocycles. The summed E-state index contributed by atoms with van der Waals surface area (Å²) in [4.78, 5) is 11.1. The minimum atomic E-state index is 0.109. The molecule has 0 saturated heterocycles. The van der Waals surface area contributed by atoms with Gasteiger partial charge in [0.2, 0.25) is 5.91 Å². The lowest BCUT2D eigenvalue weighted by Gasteiger charge is -2.05. The van der Waals surface area contributed by atoms with Gasteiger partial charge < -0.3 is 5.32 Å². The fourth-order valence-electron chi connectivity index (χ4n) is 0.856. The van der Waals surface area contributed by atoms with Crippen molar-refractivity contribution in [1.82, 2.24) is 5.32 Å². The molecule has 0 aromatic carbocycles. The van der Waals surface area contributed by atoms with E-state index >= 15 is 0 Å². The molecule has 0 aromatic rings. The predicted molar refractivity (Wildman–Crippen MR) is 51.9 cm³/mol. The molecule has 0 heterocycles. The van der Waals surface area contributed by atoms with Gasteiger partial charge in [0, 0.05) is 12.5 Å². The molecule has 12 heavy (non-hydrogen) atoms. The van der Waals surface area contributed by atoms with E-state index in [9.17, 15) is 4.79 Å². The van der Waals surface area contributed by atoms with E-state index in [1.54, 1.807) is 0 Å². The number of unbranched alkanes of at least 4 members (excludes halogenated alkanes) is 1. The van der Waals surface area contributed by atoms with Crippen LogP contribution in [0.4, 0.5) is 0 Å². The van der Waals surface area contributed by atoms with Crippen LogP contribution in [0.25, 0.3) is 0 Å². The average Bonchev–Trinajstić information content (AvgIpc) is 1.97. The molecular formula is C10H19NO. The zero-order valence-electron chi connectivity index (χ0n) is 8.26. The van der Waals surface area contributed by atoms with Crippen molar-refractivity contribution in [2.45, 2.75) is 46.1 Å². The van der Waals surface area contributed by atoms with Crippen molar-refractivity contribution in [1.29, 1.82) is 0 Å². The average molecular weight is 169 g/mol. The minimum absolute atomic E-state index is 0.109. The van der Waals surface area contributed by atoms with Crippen LogP contribution in [-0.4, -0.2) is 11.9 Å². The number of carbonyl (C=O) groups excluding carboxylic acids is 1. The van der Waals surface area contributed by atoms with Crippen molar-refractivity contribution in [2.24, 2.45) is 0 Å². The topological polar surface area (TPSA) is 29.1 Å². The maximum absolute atomic E-state index is 11.1. The smallest absolute Gasteiger partial charge is 0.223 e. The lowest BCUT2D eigenvalue weighted by molar-refractivity contribution is -0.120. The van der Waals surface area contributed by atoms with Gasteiger partial charge in [0.05, 0.1) is 0 Å². The van der Waals surface area contributed by atoms with Gasteiger partial charge in [-0.05, 0) is 20.3 Å². The van der Waals surface area contributed by atoms with Crippen LogP contribution in [-0.2, 0) is 4.79 Å². The third-order valence-corrected chi connectivity index (χ3v) is 1.37. The SMILES string of the molecule is CCC/C=C\CC(=O)NC(C)C. The Kier molecular flexibility index (Phi) is 6.44. The summed E-state index contributed by atoms with van der Waals surface area (Å²) in [6.45, 7) is 6.06. The standard InChI is InChI=1S/C10H19NO/c1-4-5-6-7-8-10(12)11-9(2)3/h6-7,9H,4-5,8H2,1-3H3,(H,11,12)/b7-6-. The molecule has 70 valence electrons. The van der Waals surface area contributed by atoms with Crippen molar-refractivity contribution in [3.8, 4) is 0 Å². The van der Waals surface area contributed by atoms with Crippen LogP contribution in [0.15, 0.2) is 12.2 Å². The fraction of sp³-hybridized carbons (Fsp3) is 0.700. The van der Waals surface area contributed by atoms with Crippen LogP contribution in [0.1, 0.15) is 40.0 Å². The van der Waals surface area contributed by atoms with E-state index in [1.165, 1.54) is 0 Å². The second-order valence-electron chi connectivity index (χ2n) is 3.19. The van der Waals surface area contributed by atoms with E-state index in [4.69, 9.17) is 0 Å². The molecular weight excluding hydrogens is 150 g/mol. The Labute approximate surface area is 75.0 Å². The van der Waals surface area contributed by atoms with Gasteiger partial charge in [-0.25, -0.2) is 0 Å². The summed E-state index contributed by atoms with van der Waals surface area (Å²) in [7, 11) is 0. The molecule has 0 radical (unpaired) electrons. The van der Waals surface area contributed by atoms with Crippen molar-refractivity contribution >= 4 is 5.91 Å². The molecule has 0 unspecified atom stereocenters. The number of carbonyl (C=O) groups is 1. The lowest BCUT2D eigenvalue weighted by Crippen LogP contribution is -2.29. The van der Waals surface area contributed by atoms with Crippen LogP contribution < -0.4 is 5.32 Å². The van der Waals surface area contributed by atoms with Crippen molar-refractivity contribution < 1.29 is 4.79 Å². The monoisotopic (exact) mass is 169 g/mol. The summed E-state index contributed by atoms with van der Waals surface area (Å²) in [6.07, 6.45) is 6.70. The summed E-state index contributed by atoms with van der Waals surface area (Å²) < 4.78 is 0. The summed E-state index contributed by atoms with van der Waals surface area (Å²) in [5, 5.41) is 2.83. The van der Waals surface area contributed by atoms with E-state index in [0.29, 0.717) is 6.42 Å². The van der Waals surface area contributed by atoms with E-state index in [-0.39, 0.29) is 11.9 Å². The highest BCUT2D eigenvalue weighted by Gasteiger charge is 1.98. The van der Waals surface area contributed by atoms with E-state index in [1.807, 2.05) is 19.9 Å². The lowest BCUT2D eigenvalue weighted by atomic mass is 10.2. The van der Waals surface area contributed by atoms with E-state index in [2.05, 4.69) is 18.3 Å². The quantitative estimate of drug-likeness (QED) is 0.628. The Morgan fingerprint density at radius 3 is 2.58 bits per heavy atom. The summed E-state index contributed by atoms with van der Waals surface area (Å²) >= 11 is 0. The molecule has 0 aromatic heterocycles. The fourth-order valence-corrected chi connectivity index (χ4v) is 0.856. The first-order chi connectivity index (χ1) is 5.66. The highest BCUT2D eigenvalue weighted by molar-refractivity contribution is 5.77. The molecule has 1 N–H and O–H groups in total.